The third-order valence-corrected chi connectivity index (χ3v) is 21.8. The molecular weight excluding hydrogens is 1430 g/mol. The highest BCUT2D eigenvalue weighted by Crippen LogP contribution is 2.30. The van der Waals surface area contributed by atoms with Gasteiger partial charge in [-0.3, -0.25) is 0 Å². The van der Waals surface area contributed by atoms with Crippen LogP contribution >= 0.6 is 0 Å². The first-order valence-corrected chi connectivity index (χ1v) is 54.7. The molecular formula is C119H260. The minimum absolute atomic E-state index is 0.548. The van der Waals surface area contributed by atoms with E-state index in [1.807, 2.05) is 0 Å². The molecule has 0 fully saturated rings. The summed E-state index contributed by atoms with van der Waals surface area (Å²) in [6.07, 6.45) is 90.1. The summed E-state index contributed by atoms with van der Waals surface area (Å²) >= 11 is 0. The third-order valence-electron chi connectivity index (χ3n) is 21.8. The predicted octanol–water partition coefficient (Wildman–Crippen LogP) is 47.5. The summed E-state index contributed by atoms with van der Waals surface area (Å²) in [5, 5.41) is 0. The Bertz CT molecular complexity index is 1320. The highest BCUT2D eigenvalue weighted by molar-refractivity contribution is 4.69. The molecule has 736 valence electrons. The van der Waals surface area contributed by atoms with Crippen LogP contribution in [0.2, 0.25) is 0 Å². The largest absolute Gasteiger partial charge is 0.0654 e. The molecule has 0 aliphatic carbocycles. The standard InChI is InChI=1S/10C11H24.C9H20/c10*1-5-6-7-8-9-10-11(2,3)4;1-5-6-7-8-9(2,3)4/h10*5-10H2,1-4H3;5-8H2,1-4H3. The van der Waals surface area contributed by atoms with Gasteiger partial charge in [-0.1, -0.05) is 645 Å². The average Bonchev–Trinajstić information content (AvgIpc) is 1.18. The molecule has 0 atom stereocenters. The molecule has 0 saturated carbocycles. The smallest absolute Gasteiger partial charge is 0.0383 e. The lowest BCUT2D eigenvalue weighted by Crippen LogP contribution is -2.03. The Morgan fingerprint density at radius 3 is 0.185 bits per heavy atom. The van der Waals surface area contributed by atoms with E-state index >= 15 is 0 Å². The van der Waals surface area contributed by atoms with Gasteiger partial charge in [0.1, 0.15) is 0 Å². The molecule has 0 N–H and O–H groups in total. The summed E-state index contributed by atoms with van der Waals surface area (Å²) in [6, 6.07) is 0. The maximum absolute atomic E-state index is 2.33. The number of hydrogen-bond acceptors (Lipinski definition) is 0. The molecule has 0 aliphatic heterocycles. The van der Waals surface area contributed by atoms with Gasteiger partial charge in [-0.25, -0.2) is 0 Å². The zero-order valence-electron chi connectivity index (χ0n) is 94.8. The van der Waals surface area contributed by atoms with E-state index in [2.05, 4.69) is 305 Å². The zero-order valence-corrected chi connectivity index (χ0v) is 94.8. The van der Waals surface area contributed by atoms with Crippen LogP contribution in [0.5, 0.6) is 0 Å². The Labute approximate surface area is 770 Å². The molecule has 0 rings (SSSR count). The lowest BCUT2D eigenvalue weighted by atomic mass is 9.89. The number of unbranched alkanes of at least 4 members (excludes halogenated alkanes) is 42. The van der Waals surface area contributed by atoms with Gasteiger partial charge in [0.15, 0.2) is 0 Å². The molecule has 0 spiro atoms. The summed E-state index contributed by atoms with van der Waals surface area (Å²) in [6.45, 7) is 102. The van der Waals surface area contributed by atoms with Crippen molar-refractivity contribution < 1.29 is 0 Å². The van der Waals surface area contributed by atoms with E-state index in [0.717, 1.165) is 0 Å². The molecule has 0 heteroatoms. The van der Waals surface area contributed by atoms with E-state index in [-0.39, 0.29) is 0 Å². The molecule has 0 aromatic rings. The van der Waals surface area contributed by atoms with Gasteiger partial charge < -0.3 is 0 Å². The van der Waals surface area contributed by atoms with Gasteiger partial charge in [0.2, 0.25) is 0 Å². The van der Waals surface area contributed by atoms with Crippen LogP contribution in [0.1, 0.15) is 716 Å². The number of rotatable bonds is 53. The van der Waals surface area contributed by atoms with Gasteiger partial charge in [0.25, 0.3) is 0 Å². The molecule has 0 nitrogen and oxygen atoms in total. The predicted molar refractivity (Wildman–Crippen MR) is 572 cm³/mol. The minimum atomic E-state index is 0.548. The first-order chi connectivity index (χ1) is 54.7. The molecule has 0 amide bonds. The zero-order chi connectivity index (χ0) is 94.8. The normalized spacial score (nSPS) is 12.0. The summed E-state index contributed by atoms with van der Waals surface area (Å²) in [5.41, 5.74) is 6.03. The third kappa shape index (κ3) is 215. The molecule has 0 saturated heterocycles. The van der Waals surface area contributed by atoms with Crippen molar-refractivity contribution in [1.29, 1.82) is 0 Å². The molecule has 0 heterocycles. The van der Waals surface area contributed by atoms with Crippen LogP contribution in [0.4, 0.5) is 0 Å². The maximum atomic E-state index is 2.33. The SMILES string of the molecule is CCCCCC(C)(C)C.CCCCCCCC(C)(C)C.CCCCCCCC(C)(C)C.CCCCCCCC(C)(C)C.CCCCCCCC(C)(C)C.CCCCCCCC(C)(C)C.CCCCCCCC(C)(C)C.CCCCCCCC(C)(C)C.CCCCCCCC(C)(C)C.CCCCCCCC(C)(C)C.CCCCCCCC(C)(C)C. The first kappa shape index (κ1) is 142. The molecule has 0 aromatic carbocycles. The average molecular weight is 1690 g/mol. The van der Waals surface area contributed by atoms with Crippen molar-refractivity contribution in [3.05, 3.63) is 0 Å². The van der Waals surface area contributed by atoms with Crippen molar-refractivity contribution in [2.24, 2.45) is 59.6 Å². The van der Waals surface area contributed by atoms with Crippen LogP contribution in [0.15, 0.2) is 0 Å². The van der Waals surface area contributed by atoms with Crippen LogP contribution in [-0.4, -0.2) is 0 Å². The Hall–Kier alpha value is 0. The maximum Gasteiger partial charge on any atom is -0.0383 e. The molecule has 0 radical (unpaired) electrons. The molecule has 0 unspecified atom stereocenters. The van der Waals surface area contributed by atoms with E-state index < -0.39 is 0 Å². The summed E-state index contributed by atoms with van der Waals surface area (Å²) in [4.78, 5) is 0. The van der Waals surface area contributed by atoms with Crippen LogP contribution in [0.3, 0.4) is 0 Å². The van der Waals surface area contributed by atoms with Gasteiger partial charge in [-0.05, 0) is 130 Å². The lowest BCUT2D eigenvalue weighted by Gasteiger charge is -2.17. The van der Waals surface area contributed by atoms with Crippen LogP contribution in [-0.2, 0) is 0 Å². The fraction of sp³-hybridized carbons (Fsp3) is 1.00. The molecule has 0 bridgehead atoms. The molecule has 119 heavy (non-hydrogen) atoms. The highest BCUT2D eigenvalue weighted by atomic mass is 14.2. The van der Waals surface area contributed by atoms with Crippen molar-refractivity contribution in [3.63, 3.8) is 0 Å². The summed E-state index contributed by atoms with van der Waals surface area (Å²) in [5.74, 6) is 0. The van der Waals surface area contributed by atoms with Crippen LogP contribution in [0, 0.1) is 59.6 Å². The highest BCUT2D eigenvalue weighted by Gasteiger charge is 2.16. The monoisotopic (exact) mass is 1690 g/mol. The van der Waals surface area contributed by atoms with Gasteiger partial charge in [-0.2, -0.15) is 0 Å². The second kappa shape index (κ2) is 95.6. The fourth-order valence-electron chi connectivity index (χ4n) is 13.5. The Kier molecular flexibility index (Phi) is 114. The van der Waals surface area contributed by atoms with Crippen molar-refractivity contribution in [2.75, 3.05) is 0 Å². The van der Waals surface area contributed by atoms with Crippen molar-refractivity contribution in [3.8, 4) is 0 Å². The van der Waals surface area contributed by atoms with Gasteiger partial charge >= 0.3 is 0 Å². The summed E-state index contributed by atoms with van der Waals surface area (Å²) in [7, 11) is 0. The van der Waals surface area contributed by atoms with E-state index in [1.165, 1.54) is 411 Å². The van der Waals surface area contributed by atoms with E-state index in [4.69, 9.17) is 0 Å². The van der Waals surface area contributed by atoms with E-state index in [9.17, 15) is 0 Å². The van der Waals surface area contributed by atoms with E-state index in [1.54, 1.807) is 0 Å². The lowest BCUT2D eigenvalue weighted by molar-refractivity contribution is 0.356. The second-order valence-electron chi connectivity index (χ2n) is 51.3. The van der Waals surface area contributed by atoms with Gasteiger partial charge in [0, 0.05) is 0 Å². The van der Waals surface area contributed by atoms with E-state index in [0.29, 0.717) is 59.6 Å². The van der Waals surface area contributed by atoms with Crippen molar-refractivity contribution in [2.45, 2.75) is 716 Å². The van der Waals surface area contributed by atoms with Crippen LogP contribution < -0.4 is 0 Å². The fourth-order valence-corrected chi connectivity index (χ4v) is 13.5. The molecule has 0 aromatic heterocycles. The van der Waals surface area contributed by atoms with Crippen molar-refractivity contribution >= 4 is 0 Å². The number of hydrogen-bond donors (Lipinski definition) is 0. The Balaban J connectivity index is -0.000000120. The molecule has 0 aliphatic rings. The topological polar surface area (TPSA) is 0 Å². The first-order valence-electron chi connectivity index (χ1n) is 54.7. The van der Waals surface area contributed by atoms with Gasteiger partial charge in [-0.15, -0.1) is 0 Å². The van der Waals surface area contributed by atoms with Crippen molar-refractivity contribution in [1.82, 2.24) is 0 Å². The Morgan fingerprint density at radius 2 is 0.126 bits per heavy atom. The quantitative estimate of drug-likeness (QED) is 0.0533. The minimum Gasteiger partial charge on any atom is -0.0654 e. The summed E-state index contributed by atoms with van der Waals surface area (Å²) < 4.78 is 0. The van der Waals surface area contributed by atoms with Crippen LogP contribution in [0.25, 0.3) is 0 Å². The van der Waals surface area contributed by atoms with Gasteiger partial charge in [0.05, 0.1) is 0 Å². The Morgan fingerprint density at radius 1 is 0.0756 bits per heavy atom. The second-order valence-corrected chi connectivity index (χ2v) is 51.3.